The molecule has 1 aliphatic rings. The number of aryl methyl sites for hydroxylation is 1. The van der Waals surface area contributed by atoms with Crippen LogP contribution in [0.1, 0.15) is 35.2 Å². The molecular weight excluding hydrogens is 378 g/mol. The third kappa shape index (κ3) is 2.97. The normalized spacial score (nSPS) is 15.0. The predicted octanol–water partition coefficient (Wildman–Crippen LogP) is 3.19. The zero-order chi connectivity index (χ0) is 20.7. The Bertz CT molecular complexity index is 1250. The first-order valence-electron chi connectivity index (χ1n) is 9.85. The molecule has 0 bridgehead atoms. The number of amides is 1. The number of nitrogens with one attached hydrogen (secondary N) is 3. The van der Waals surface area contributed by atoms with E-state index in [0.29, 0.717) is 5.56 Å². The second-order valence-corrected chi connectivity index (χ2v) is 7.71. The summed E-state index contributed by atoms with van der Waals surface area (Å²) in [5.74, 6) is -0.0602. The summed E-state index contributed by atoms with van der Waals surface area (Å²) in [6, 6.07) is 9.97. The van der Waals surface area contributed by atoms with E-state index in [-0.39, 0.29) is 11.7 Å². The fourth-order valence-electron chi connectivity index (χ4n) is 3.99. The van der Waals surface area contributed by atoms with E-state index in [4.69, 9.17) is 5.41 Å². The number of carbonyl (C=O) groups excluding carboxylic acids is 1. The van der Waals surface area contributed by atoms with Gasteiger partial charge in [0.15, 0.2) is 5.65 Å². The molecule has 1 saturated carbocycles. The van der Waals surface area contributed by atoms with Gasteiger partial charge in [0, 0.05) is 25.0 Å². The van der Waals surface area contributed by atoms with Crippen LogP contribution in [0.15, 0.2) is 55.1 Å². The van der Waals surface area contributed by atoms with Crippen molar-refractivity contribution >= 4 is 22.9 Å². The summed E-state index contributed by atoms with van der Waals surface area (Å²) in [6.45, 7) is 0. The predicted molar refractivity (Wildman–Crippen MR) is 113 cm³/mol. The Hall–Kier alpha value is -3.81. The molecule has 1 aliphatic carbocycles. The standard InChI is InChI=1S/C22H21N7O/c1-29-13-15(11-26-29)20(30)28-21(23)22(8-2-9-22)16-5-3-14(4-6-16)18-12-25-19-17(27-18)7-10-24-19/h3-7,10-13H,2,8-9H2,1H3,(H,24,25)(H2,23,28,30). The van der Waals surface area contributed by atoms with E-state index in [0.717, 1.165) is 47.2 Å². The highest BCUT2D eigenvalue weighted by Gasteiger charge is 2.43. The minimum atomic E-state index is -0.452. The van der Waals surface area contributed by atoms with Gasteiger partial charge in [-0.15, -0.1) is 0 Å². The van der Waals surface area contributed by atoms with E-state index in [1.54, 1.807) is 24.1 Å². The van der Waals surface area contributed by atoms with Crippen LogP contribution in [0, 0.1) is 5.41 Å². The Balaban J connectivity index is 1.38. The minimum Gasteiger partial charge on any atom is -0.345 e. The molecule has 3 heterocycles. The van der Waals surface area contributed by atoms with Crippen molar-refractivity contribution in [3.8, 4) is 11.3 Å². The molecule has 1 aromatic carbocycles. The average molecular weight is 399 g/mol. The summed E-state index contributed by atoms with van der Waals surface area (Å²) in [6.07, 6.45) is 9.44. The van der Waals surface area contributed by atoms with Crippen molar-refractivity contribution in [1.82, 2.24) is 30.0 Å². The van der Waals surface area contributed by atoms with Crippen LogP contribution in [0.3, 0.4) is 0 Å². The molecule has 1 fully saturated rings. The Morgan fingerprint density at radius 1 is 1.20 bits per heavy atom. The van der Waals surface area contributed by atoms with Crippen LogP contribution in [0.2, 0.25) is 0 Å². The first-order chi connectivity index (χ1) is 14.5. The molecule has 0 atom stereocenters. The van der Waals surface area contributed by atoms with Crippen molar-refractivity contribution in [1.29, 1.82) is 5.41 Å². The molecule has 8 heteroatoms. The van der Waals surface area contributed by atoms with Gasteiger partial charge in [-0.3, -0.25) is 14.9 Å². The summed E-state index contributed by atoms with van der Waals surface area (Å²) in [7, 11) is 1.76. The lowest BCUT2D eigenvalue weighted by atomic mass is 9.63. The number of aromatic nitrogens is 5. The maximum absolute atomic E-state index is 12.5. The molecule has 8 nitrogen and oxygen atoms in total. The van der Waals surface area contributed by atoms with Gasteiger partial charge < -0.3 is 10.3 Å². The van der Waals surface area contributed by atoms with Crippen LogP contribution in [0.25, 0.3) is 22.4 Å². The highest BCUT2D eigenvalue weighted by molar-refractivity contribution is 6.09. The zero-order valence-electron chi connectivity index (χ0n) is 16.5. The summed E-state index contributed by atoms with van der Waals surface area (Å²) < 4.78 is 1.57. The second kappa shape index (κ2) is 6.91. The van der Waals surface area contributed by atoms with Gasteiger partial charge in [0.05, 0.1) is 29.1 Å². The van der Waals surface area contributed by atoms with Crippen LogP contribution in [-0.2, 0) is 12.5 Å². The Kier molecular flexibility index (Phi) is 4.20. The molecule has 0 saturated heterocycles. The monoisotopic (exact) mass is 399 g/mol. The van der Waals surface area contributed by atoms with Crippen molar-refractivity contribution in [2.75, 3.05) is 0 Å². The lowest BCUT2D eigenvalue weighted by Crippen LogP contribution is -2.50. The molecular formula is C22H21N7O. The Morgan fingerprint density at radius 2 is 2.00 bits per heavy atom. The van der Waals surface area contributed by atoms with Crippen molar-refractivity contribution in [3.05, 3.63) is 66.2 Å². The summed E-state index contributed by atoms with van der Waals surface area (Å²) in [5, 5.41) is 15.4. The second-order valence-electron chi connectivity index (χ2n) is 7.71. The van der Waals surface area contributed by atoms with Crippen LogP contribution < -0.4 is 5.32 Å². The van der Waals surface area contributed by atoms with E-state index in [9.17, 15) is 4.79 Å². The van der Waals surface area contributed by atoms with E-state index >= 15 is 0 Å². The lowest BCUT2D eigenvalue weighted by molar-refractivity contribution is 0.0972. The van der Waals surface area contributed by atoms with Crippen LogP contribution >= 0.6 is 0 Å². The third-order valence-electron chi connectivity index (χ3n) is 5.89. The van der Waals surface area contributed by atoms with Crippen molar-refractivity contribution in [2.24, 2.45) is 7.05 Å². The van der Waals surface area contributed by atoms with Crippen molar-refractivity contribution in [3.63, 3.8) is 0 Å². The summed E-state index contributed by atoms with van der Waals surface area (Å²) in [4.78, 5) is 24.6. The van der Waals surface area contributed by atoms with Crippen LogP contribution in [0.4, 0.5) is 0 Å². The quantitative estimate of drug-likeness (QED) is 0.361. The number of fused-ring (bicyclic) bond motifs is 1. The van der Waals surface area contributed by atoms with Crippen LogP contribution in [-0.4, -0.2) is 36.5 Å². The average Bonchev–Trinajstić information content (AvgIpc) is 3.36. The number of hydrogen-bond acceptors (Lipinski definition) is 5. The number of amidine groups is 1. The number of carbonyl (C=O) groups is 1. The SMILES string of the molecule is Cn1cc(C(=O)NC(=N)C2(c3ccc(-c4cnc5[nH]ccc5n4)cc3)CCC2)cn1. The molecule has 0 radical (unpaired) electrons. The number of H-pyrrole nitrogens is 1. The maximum atomic E-state index is 12.5. The van der Waals surface area contributed by atoms with Crippen molar-refractivity contribution < 1.29 is 4.79 Å². The molecule has 3 aromatic heterocycles. The fourth-order valence-corrected chi connectivity index (χ4v) is 3.99. The van der Waals surface area contributed by atoms with E-state index in [1.807, 2.05) is 36.5 Å². The van der Waals surface area contributed by atoms with Gasteiger partial charge in [-0.1, -0.05) is 30.7 Å². The van der Waals surface area contributed by atoms with Crippen LogP contribution in [0.5, 0.6) is 0 Å². The first kappa shape index (κ1) is 18.2. The van der Waals surface area contributed by atoms with Gasteiger partial charge in [-0.2, -0.15) is 5.10 Å². The molecule has 3 N–H and O–H groups in total. The smallest absolute Gasteiger partial charge is 0.259 e. The number of hydrogen-bond donors (Lipinski definition) is 3. The molecule has 1 amide bonds. The highest BCUT2D eigenvalue weighted by Crippen LogP contribution is 2.44. The topological polar surface area (TPSA) is 112 Å². The van der Waals surface area contributed by atoms with Crippen molar-refractivity contribution in [2.45, 2.75) is 24.7 Å². The molecule has 150 valence electrons. The molecule has 30 heavy (non-hydrogen) atoms. The number of aromatic amines is 1. The fraction of sp³-hybridized carbons (Fsp3) is 0.227. The van der Waals surface area contributed by atoms with Gasteiger partial charge in [-0.25, -0.2) is 9.97 Å². The lowest BCUT2D eigenvalue weighted by Gasteiger charge is -2.42. The Morgan fingerprint density at radius 3 is 2.67 bits per heavy atom. The van der Waals surface area contributed by atoms with Gasteiger partial charge >= 0.3 is 0 Å². The first-order valence-corrected chi connectivity index (χ1v) is 9.85. The summed E-state index contributed by atoms with van der Waals surface area (Å²) >= 11 is 0. The number of benzene rings is 1. The van der Waals surface area contributed by atoms with E-state index < -0.39 is 5.41 Å². The number of nitrogens with zero attached hydrogens (tertiary/aromatic N) is 4. The highest BCUT2D eigenvalue weighted by atomic mass is 16.1. The molecule has 4 aromatic rings. The zero-order valence-corrected chi connectivity index (χ0v) is 16.5. The van der Waals surface area contributed by atoms with Gasteiger partial charge in [0.2, 0.25) is 0 Å². The molecule has 0 spiro atoms. The Labute approximate surface area is 172 Å². The van der Waals surface area contributed by atoms with Gasteiger partial charge in [0.1, 0.15) is 11.4 Å². The van der Waals surface area contributed by atoms with Gasteiger partial charge in [0.25, 0.3) is 5.91 Å². The molecule has 0 unspecified atom stereocenters. The summed E-state index contributed by atoms with van der Waals surface area (Å²) in [5.41, 5.74) is 4.39. The molecule has 5 rings (SSSR count). The van der Waals surface area contributed by atoms with E-state index in [2.05, 4.69) is 25.4 Å². The van der Waals surface area contributed by atoms with Gasteiger partial charge in [-0.05, 0) is 24.5 Å². The maximum Gasteiger partial charge on any atom is 0.259 e. The number of rotatable bonds is 4. The molecule has 0 aliphatic heterocycles. The largest absolute Gasteiger partial charge is 0.345 e. The minimum absolute atomic E-state index is 0.240. The van der Waals surface area contributed by atoms with E-state index in [1.165, 1.54) is 6.20 Å². The third-order valence-corrected chi connectivity index (χ3v) is 5.89.